The highest BCUT2D eigenvalue weighted by molar-refractivity contribution is 5.20. The lowest BCUT2D eigenvalue weighted by Crippen LogP contribution is -2.14. The zero-order valence-corrected chi connectivity index (χ0v) is 10.5. The largest absolute Gasteiger partial charge is 0.492 e. The monoisotopic (exact) mass is 246 g/mol. The standard InChI is InChI=1S/C13H18N4O/c1-2-14-10-13-15-11-17(16-13)8-9-18-12-6-4-3-5-7-12/h3-7,11,14H,2,8-10H2,1H3. The maximum absolute atomic E-state index is 5.60. The van der Waals surface area contributed by atoms with Gasteiger partial charge in [-0.25, -0.2) is 9.67 Å². The second-order valence-corrected chi connectivity index (χ2v) is 3.87. The molecule has 1 aromatic carbocycles. The number of rotatable bonds is 7. The van der Waals surface area contributed by atoms with Crippen LogP contribution in [0.5, 0.6) is 5.75 Å². The van der Waals surface area contributed by atoms with Gasteiger partial charge in [0.1, 0.15) is 18.7 Å². The quantitative estimate of drug-likeness (QED) is 0.803. The Bertz CT molecular complexity index is 455. The second kappa shape index (κ2) is 6.76. The highest BCUT2D eigenvalue weighted by Gasteiger charge is 2.00. The van der Waals surface area contributed by atoms with Crippen LogP contribution in [0.25, 0.3) is 0 Å². The fourth-order valence-electron chi connectivity index (χ4n) is 1.53. The van der Waals surface area contributed by atoms with Gasteiger partial charge in [0.15, 0.2) is 5.82 Å². The lowest BCUT2D eigenvalue weighted by molar-refractivity contribution is 0.290. The Morgan fingerprint density at radius 3 is 2.89 bits per heavy atom. The summed E-state index contributed by atoms with van der Waals surface area (Å²) in [6.07, 6.45) is 1.74. The minimum atomic E-state index is 0.591. The molecule has 1 aromatic heterocycles. The molecule has 0 aliphatic carbocycles. The van der Waals surface area contributed by atoms with Crippen LogP contribution in [0, 0.1) is 0 Å². The minimum Gasteiger partial charge on any atom is -0.492 e. The molecule has 0 aliphatic heterocycles. The Kier molecular flexibility index (Phi) is 4.72. The van der Waals surface area contributed by atoms with Crippen LogP contribution in [-0.4, -0.2) is 27.9 Å². The van der Waals surface area contributed by atoms with Crippen LogP contribution in [0.4, 0.5) is 0 Å². The average Bonchev–Trinajstić information content (AvgIpc) is 2.85. The van der Waals surface area contributed by atoms with Crippen molar-refractivity contribution in [2.75, 3.05) is 13.2 Å². The molecular weight excluding hydrogens is 228 g/mol. The van der Waals surface area contributed by atoms with Crippen molar-refractivity contribution in [1.29, 1.82) is 0 Å². The highest BCUT2D eigenvalue weighted by Crippen LogP contribution is 2.07. The van der Waals surface area contributed by atoms with Crippen molar-refractivity contribution in [3.63, 3.8) is 0 Å². The molecule has 2 rings (SSSR count). The molecule has 18 heavy (non-hydrogen) atoms. The normalized spacial score (nSPS) is 10.5. The number of hydrogen-bond acceptors (Lipinski definition) is 4. The number of nitrogens with one attached hydrogen (secondary N) is 1. The van der Waals surface area contributed by atoms with Gasteiger partial charge in [0.25, 0.3) is 0 Å². The molecule has 0 saturated heterocycles. The van der Waals surface area contributed by atoms with Crippen molar-refractivity contribution in [3.8, 4) is 5.75 Å². The topological polar surface area (TPSA) is 52.0 Å². The Hall–Kier alpha value is -1.88. The van der Waals surface area contributed by atoms with E-state index in [0.29, 0.717) is 19.7 Å². The first kappa shape index (κ1) is 12.6. The Morgan fingerprint density at radius 2 is 2.11 bits per heavy atom. The molecule has 0 unspecified atom stereocenters. The summed E-state index contributed by atoms with van der Waals surface area (Å²) in [6.45, 7) is 4.99. The van der Waals surface area contributed by atoms with Gasteiger partial charge in [0.05, 0.1) is 13.1 Å². The molecule has 96 valence electrons. The number of benzene rings is 1. The predicted molar refractivity (Wildman–Crippen MR) is 69.3 cm³/mol. The number of hydrogen-bond donors (Lipinski definition) is 1. The van der Waals surface area contributed by atoms with E-state index in [4.69, 9.17) is 4.74 Å². The molecule has 1 N–H and O–H groups in total. The van der Waals surface area contributed by atoms with Crippen molar-refractivity contribution in [3.05, 3.63) is 42.5 Å². The number of aromatic nitrogens is 3. The SMILES string of the molecule is CCNCc1ncn(CCOc2ccccc2)n1. The van der Waals surface area contributed by atoms with Gasteiger partial charge in [-0.05, 0) is 18.7 Å². The van der Waals surface area contributed by atoms with Gasteiger partial charge in [-0.2, -0.15) is 5.10 Å². The van der Waals surface area contributed by atoms with Crippen LogP contribution >= 0.6 is 0 Å². The van der Waals surface area contributed by atoms with E-state index >= 15 is 0 Å². The van der Waals surface area contributed by atoms with Gasteiger partial charge in [-0.15, -0.1) is 0 Å². The second-order valence-electron chi connectivity index (χ2n) is 3.87. The molecular formula is C13H18N4O. The third kappa shape index (κ3) is 3.85. The van der Waals surface area contributed by atoms with Crippen LogP contribution < -0.4 is 10.1 Å². The third-order valence-corrected chi connectivity index (χ3v) is 2.45. The molecule has 0 spiro atoms. The fourth-order valence-corrected chi connectivity index (χ4v) is 1.53. The van der Waals surface area contributed by atoms with Gasteiger partial charge in [-0.3, -0.25) is 0 Å². The molecule has 0 fully saturated rings. The molecule has 1 heterocycles. The molecule has 0 atom stereocenters. The summed E-state index contributed by atoms with van der Waals surface area (Å²) in [5, 5.41) is 7.53. The number of para-hydroxylation sites is 1. The van der Waals surface area contributed by atoms with Gasteiger partial charge in [0, 0.05) is 0 Å². The first-order valence-electron chi connectivity index (χ1n) is 6.15. The smallest absolute Gasteiger partial charge is 0.164 e. The van der Waals surface area contributed by atoms with E-state index in [0.717, 1.165) is 18.1 Å². The fraction of sp³-hybridized carbons (Fsp3) is 0.385. The Balaban J connectivity index is 1.75. The summed E-state index contributed by atoms with van der Waals surface area (Å²) >= 11 is 0. The van der Waals surface area contributed by atoms with Crippen LogP contribution in [0.15, 0.2) is 36.7 Å². The zero-order chi connectivity index (χ0) is 12.6. The summed E-state index contributed by atoms with van der Waals surface area (Å²) in [5.74, 6) is 1.70. The van der Waals surface area contributed by atoms with Crippen LogP contribution in [0.1, 0.15) is 12.7 Å². The van der Waals surface area contributed by atoms with E-state index in [2.05, 4.69) is 22.3 Å². The van der Waals surface area contributed by atoms with Crippen molar-refractivity contribution >= 4 is 0 Å². The summed E-state index contributed by atoms with van der Waals surface area (Å²) in [5.41, 5.74) is 0. The molecule has 5 nitrogen and oxygen atoms in total. The highest BCUT2D eigenvalue weighted by atomic mass is 16.5. The molecule has 0 amide bonds. The first-order chi connectivity index (χ1) is 8.88. The lowest BCUT2D eigenvalue weighted by atomic mass is 10.3. The molecule has 0 aliphatic rings. The van der Waals surface area contributed by atoms with E-state index in [1.54, 1.807) is 11.0 Å². The number of nitrogens with zero attached hydrogens (tertiary/aromatic N) is 3. The van der Waals surface area contributed by atoms with Crippen LogP contribution in [-0.2, 0) is 13.1 Å². The van der Waals surface area contributed by atoms with Crippen molar-refractivity contribution in [1.82, 2.24) is 20.1 Å². The van der Waals surface area contributed by atoms with Gasteiger partial charge in [0.2, 0.25) is 0 Å². The van der Waals surface area contributed by atoms with Crippen LogP contribution in [0.3, 0.4) is 0 Å². The van der Waals surface area contributed by atoms with Crippen molar-refractivity contribution in [2.45, 2.75) is 20.0 Å². The molecule has 2 aromatic rings. The number of ether oxygens (including phenoxy) is 1. The molecule has 0 radical (unpaired) electrons. The summed E-state index contributed by atoms with van der Waals surface area (Å²) in [4.78, 5) is 4.21. The molecule has 0 bridgehead atoms. The summed E-state index contributed by atoms with van der Waals surface area (Å²) in [7, 11) is 0. The average molecular weight is 246 g/mol. The molecule has 5 heteroatoms. The van der Waals surface area contributed by atoms with Gasteiger partial charge in [-0.1, -0.05) is 25.1 Å². The predicted octanol–water partition coefficient (Wildman–Crippen LogP) is 1.47. The van der Waals surface area contributed by atoms with Gasteiger partial charge < -0.3 is 10.1 Å². The molecule has 0 saturated carbocycles. The van der Waals surface area contributed by atoms with Crippen molar-refractivity contribution < 1.29 is 4.74 Å². The van der Waals surface area contributed by atoms with E-state index < -0.39 is 0 Å². The van der Waals surface area contributed by atoms with Gasteiger partial charge >= 0.3 is 0 Å². The summed E-state index contributed by atoms with van der Waals surface area (Å²) in [6, 6.07) is 9.77. The van der Waals surface area contributed by atoms with E-state index in [9.17, 15) is 0 Å². The Labute approximate surface area is 107 Å². The Morgan fingerprint density at radius 1 is 1.28 bits per heavy atom. The van der Waals surface area contributed by atoms with Crippen molar-refractivity contribution in [2.24, 2.45) is 0 Å². The zero-order valence-electron chi connectivity index (χ0n) is 10.5. The third-order valence-electron chi connectivity index (χ3n) is 2.45. The maximum atomic E-state index is 5.60. The minimum absolute atomic E-state index is 0.591. The maximum Gasteiger partial charge on any atom is 0.164 e. The lowest BCUT2D eigenvalue weighted by Gasteiger charge is -2.05. The summed E-state index contributed by atoms with van der Waals surface area (Å²) < 4.78 is 7.40. The van der Waals surface area contributed by atoms with E-state index in [1.807, 2.05) is 30.3 Å². The first-order valence-corrected chi connectivity index (χ1v) is 6.15. The van der Waals surface area contributed by atoms with Crippen LogP contribution in [0.2, 0.25) is 0 Å². The van der Waals surface area contributed by atoms with E-state index in [-0.39, 0.29) is 0 Å². The van der Waals surface area contributed by atoms with E-state index in [1.165, 1.54) is 0 Å².